The monoisotopic (exact) mass is 342 g/mol. The predicted molar refractivity (Wildman–Crippen MR) is 94.7 cm³/mol. The number of ketones is 1. The van der Waals surface area contributed by atoms with Gasteiger partial charge in [-0.3, -0.25) is 4.79 Å². The van der Waals surface area contributed by atoms with Crippen LogP contribution in [0.4, 0.5) is 8.78 Å². The van der Waals surface area contributed by atoms with Crippen LogP contribution in [0.15, 0.2) is 42.5 Å². The molecule has 5 heteroatoms. The molecule has 0 aliphatic heterocycles. The quantitative estimate of drug-likeness (QED) is 0.662. The molecule has 2 N–H and O–H groups in total. The first kappa shape index (κ1) is 17.3. The van der Waals surface area contributed by atoms with E-state index in [0.717, 1.165) is 22.7 Å². The fourth-order valence-electron chi connectivity index (χ4n) is 3.20. The van der Waals surface area contributed by atoms with Gasteiger partial charge in [-0.15, -0.1) is 0 Å². The normalized spacial score (nSPS) is 13.8. The van der Waals surface area contributed by atoms with E-state index in [-0.39, 0.29) is 5.78 Å². The van der Waals surface area contributed by atoms with Crippen molar-refractivity contribution >= 4 is 16.7 Å². The van der Waals surface area contributed by atoms with E-state index in [1.54, 1.807) is 13.8 Å². The maximum absolute atomic E-state index is 13.9. The Morgan fingerprint density at radius 2 is 1.84 bits per heavy atom. The van der Waals surface area contributed by atoms with E-state index in [2.05, 4.69) is 10.3 Å². The van der Waals surface area contributed by atoms with Crippen molar-refractivity contribution in [1.29, 1.82) is 0 Å². The molecule has 0 unspecified atom stereocenters. The minimum Gasteiger partial charge on any atom is -0.358 e. The summed E-state index contributed by atoms with van der Waals surface area (Å²) in [4.78, 5) is 16.1. The van der Waals surface area contributed by atoms with E-state index in [1.165, 1.54) is 12.1 Å². The summed E-state index contributed by atoms with van der Waals surface area (Å²) >= 11 is 0. The van der Waals surface area contributed by atoms with Crippen molar-refractivity contribution < 1.29 is 13.6 Å². The number of hydrogen-bond donors (Lipinski definition) is 2. The summed E-state index contributed by atoms with van der Waals surface area (Å²) in [6.07, 6.45) is 0. The molecular formula is C20H20F2N2O. The van der Waals surface area contributed by atoms with Gasteiger partial charge in [0.25, 0.3) is 0 Å². The maximum atomic E-state index is 13.9. The predicted octanol–water partition coefficient (Wildman–Crippen LogP) is 4.68. The molecule has 0 bridgehead atoms. The second-order valence-corrected chi connectivity index (χ2v) is 6.31. The van der Waals surface area contributed by atoms with Crippen LogP contribution in [0.2, 0.25) is 0 Å². The molecule has 0 saturated heterocycles. The van der Waals surface area contributed by atoms with Crippen LogP contribution in [0.25, 0.3) is 10.9 Å². The Morgan fingerprint density at radius 3 is 2.56 bits per heavy atom. The van der Waals surface area contributed by atoms with Crippen molar-refractivity contribution in [2.24, 2.45) is 0 Å². The average molecular weight is 342 g/mol. The molecule has 130 valence electrons. The van der Waals surface area contributed by atoms with Gasteiger partial charge < -0.3 is 10.3 Å². The van der Waals surface area contributed by atoms with E-state index < -0.39 is 23.7 Å². The molecule has 2 atom stereocenters. The van der Waals surface area contributed by atoms with E-state index in [0.29, 0.717) is 11.1 Å². The fraction of sp³-hybridized carbons (Fsp3) is 0.250. The smallest absolute Gasteiger partial charge is 0.181 e. The van der Waals surface area contributed by atoms with Gasteiger partial charge in [0.1, 0.15) is 11.6 Å². The fourth-order valence-corrected chi connectivity index (χ4v) is 3.20. The van der Waals surface area contributed by atoms with Crippen LogP contribution < -0.4 is 5.32 Å². The highest BCUT2D eigenvalue weighted by molar-refractivity contribution is 6.11. The lowest BCUT2D eigenvalue weighted by molar-refractivity contribution is 0.0946. The minimum atomic E-state index is -0.622. The number of carbonyl (C=O) groups excluding carboxylic acids is 1. The summed E-state index contributed by atoms with van der Waals surface area (Å²) in [6.45, 7) is 5.37. The van der Waals surface area contributed by atoms with Crippen molar-refractivity contribution in [3.8, 4) is 0 Å². The van der Waals surface area contributed by atoms with Crippen LogP contribution in [-0.2, 0) is 0 Å². The van der Waals surface area contributed by atoms with Crippen LogP contribution >= 0.6 is 0 Å². The number of hydrogen-bond acceptors (Lipinski definition) is 2. The number of para-hydroxylation sites is 1. The number of carbonyl (C=O) groups is 1. The van der Waals surface area contributed by atoms with Crippen molar-refractivity contribution in [3.63, 3.8) is 0 Å². The summed E-state index contributed by atoms with van der Waals surface area (Å²) in [6, 6.07) is 10.2. The second-order valence-electron chi connectivity index (χ2n) is 6.31. The third kappa shape index (κ3) is 3.33. The zero-order valence-electron chi connectivity index (χ0n) is 14.4. The zero-order valence-corrected chi connectivity index (χ0v) is 14.4. The standard InChI is InChI=1S/C20H20F2N2O/c1-11(15-9-8-14(21)10-17(15)22)23-13(3)20(25)19-12(2)24-18-7-5-4-6-16(18)19/h4-11,13,23-24H,1-3H3/t11-,13+/m1/s1. The zero-order chi connectivity index (χ0) is 18.1. The second kappa shape index (κ2) is 6.76. The number of aromatic amines is 1. The number of rotatable bonds is 5. The molecule has 0 aliphatic rings. The highest BCUT2D eigenvalue weighted by atomic mass is 19.1. The van der Waals surface area contributed by atoms with Crippen LogP contribution in [0.5, 0.6) is 0 Å². The summed E-state index contributed by atoms with van der Waals surface area (Å²) in [5, 5.41) is 3.98. The van der Waals surface area contributed by atoms with Gasteiger partial charge in [-0.1, -0.05) is 24.3 Å². The Balaban J connectivity index is 1.83. The Morgan fingerprint density at radius 1 is 1.12 bits per heavy atom. The third-order valence-electron chi connectivity index (χ3n) is 4.46. The number of benzene rings is 2. The lowest BCUT2D eigenvalue weighted by Gasteiger charge is -2.20. The van der Waals surface area contributed by atoms with Crippen LogP contribution in [0.3, 0.4) is 0 Å². The van der Waals surface area contributed by atoms with Crippen molar-refractivity contribution in [2.45, 2.75) is 32.9 Å². The average Bonchev–Trinajstić information content (AvgIpc) is 2.89. The minimum absolute atomic E-state index is 0.0654. The highest BCUT2D eigenvalue weighted by Crippen LogP contribution is 2.24. The molecule has 25 heavy (non-hydrogen) atoms. The number of halogens is 2. The number of fused-ring (bicyclic) bond motifs is 1. The molecule has 0 radical (unpaired) electrons. The van der Waals surface area contributed by atoms with Crippen molar-refractivity contribution in [2.75, 3.05) is 0 Å². The molecule has 1 heterocycles. The Bertz CT molecular complexity index is 933. The molecule has 0 aliphatic carbocycles. The SMILES string of the molecule is Cc1[nH]c2ccccc2c1C(=O)[C@H](C)N[C@H](C)c1ccc(F)cc1F. The largest absolute Gasteiger partial charge is 0.358 e. The van der Waals surface area contributed by atoms with E-state index >= 15 is 0 Å². The Hall–Kier alpha value is -2.53. The molecule has 0 spiro atoms. The molecule has 3 nitrogen and oxygen atoms in total. The van der Waals surface area contributed by atoms with Crippen molar-refractivity contribution in [1.82, 2.24) is 10.3 Å². The van der Waals surface area contributed by atoms with E-state index in [4.69, 9.17) is 0 Å². The van der Waals surface area contributed by atoms with Gasteiger partial charge >= 0.3 is 0 Å². The van der Waals surface area contributed by atoms with Crippen LogP contribution in [0.1, 0.15) is 41.5 Å². The molecule has 3 rings (SSSR count). The third-order valence-corrected chi connectivity index (χ3v) is 4.46. The number of aryl methyl sites for hydroxylation is 1. The molecule has 3 aromatic rings. The molecule has 0 saturated carbocycles. The maximum Gasteiger partial charge on any atom is 0.181 e. The molecule has 0 amide bonds. The summed E-state index contributed by atoms with van der Waals surface area (Å²) in [7, 11) is 0. The van der Waals surface area contributed by atoms with Gasteiger partial charge in [0.2, 0.25) is 0 Å². The summed E-state index contributed by atoms with van der Waals surface area (Å²) in [5.41, 5.74) is 2.69. The lowest BCUT2D eigenvalue weighted by atomic mass is 10.00. The molecule has 1 aromatic heterocycles. The summed E-state index contributed by atoms with van der Waals surface area (Å²) in [5.74, 6) is -1.31. The lowest BCUT2D eigenvalue weighted by Crippen LogP contribution is -2.36. The molecular weight excluding hydrogens is 322 g/mol. The van der Waals surface area contributed by atoms with Gasteiger partial charge in [-0.2, -0.15) is 0 Å². The number of H-pyrrole nitrogens is 1. The number of aromatic nitrogens is 1. The van der Waals surface area contributed by atoms with E-state index in [9.17, 15) is 13.6 Å². The van der Waals surface area contributed by atoms with E-state index in [1.807, 2.05) is 31.2 Å². The van der Waals surface area contributed by atoms with Gasteiger partial charge in [0, 0.05) is 39.8 Å². The van der Waals surface area contributed by atoms with Gasteiger partial charge in [0.15, 0.2) is 5.78 Å². The van der Waals surface area contributed by atoms with Crippen LogP contribution in [-0.4, -0.2) is 16.8 Å². The van der Waals surface area contributed by atoms with Gasteiger partial charge in [-0.05, 0) is 32.9 Å². The van der Waals surface area contributed by atoms with Crippen LogP contribution in [0, 0.1) is 18.6 Å². The highest BCUT2D eigenvalue weighted by Gasteiger charge is 2.23. The Kier molecular flexibility index (Phi) is 4.68. The first-order chi connectivity index (χ1) is 11.9. The molecule has 2 aromatic carbocycles. The summed E-state index contributed by atoms with van der Waals surface area (Å²) < 4.78 is 27.0. The number of nitrogens with one attached hydrogen (secondary N) is 2. The van der Waals surface area contributed by atoms with Gasteiger partial charge in [0.05, 0.1) is 6.04 Å². The first-order valence-electron chi connectivity index (χ1n) is 8.21. The Labute approximate surface area is 145 Å². The molecule has 0 fully saturated rings. The van der Waals surface area contributed by atoms with Gasteiger partial charge in [-0.25, -0.2) is 8.78 Å². The first-order valence-corrected chi connectivity index (χ1v) is 8.21. The number of Topliss-reactive ketones (excluding diaryl/α,β-unsaturated/α-hetero) is 1. The topological polar surface area (TPSA) is 44.9 Å². The van der Waals surface area contributed by atoms with Crippen molar-refractivity contribution in [3.05, 3.63) is 70.9 Å².